The topological polar surface area (TPSA) is 218 Å². The van der Waals surface area contributed by atoms with E-state index in [0.717, 1.165) is 19.1 Å². The van der Waals surface area contributed by atoms with Crippen molar-refractivity contribution < 1.29 is 39.8 Å². The smallest absolute Gasteiger partial charge is 0.300 e. The number of hydrogen-bond acceptors (Lipinski definition) is 12. The number of nitro benzene ring substituents is 2. The fourth-order valence-electron chi connectivity index (χ4n) is 2.70. The van der Waals surface area contributed by atoms with Gasteiger partial charge in [-0.15, -0.1) is 0 Å². The minimum Gasteiger partial charge on any atom is -0.394 e. The Hall–Kier alpha value is -2.75. The van der Waals surface area contributed by atoms with Gasteiger partial charge in [0.05, 0.1) is 22.5 Å². The number of carbonyl (C=O) groups excluding carboxylic acids is 1. The molecule has 1 unspecified atom stereocenters. The van der Waals surface area contributed by atoms with Crippen molar-refractivity contribution in [1.82, 2.24) is 5.43 Å². The van der Waals surface area contributed by atoms with Crippen LogP contribution in [0.15, 0.2) is 18.2 Å². The molecule has 154 valence electrons. The van der Waals surface area contributed by atoms with Gasteiger partial charge in [-0.05, 0) is 6.07 Å². The summed E-state index contributed by atoms with van der Waals surface area (Å²) in [5, 5.41) is 61.8. The van der Waals surface area contributed by atoms with Crippen molar-refractivity contribution in [2.75, 3.05) is 12.0 Å². The first-order chi connectivity index (χ1) is 13.0. The van der Waals surface area contributed by atoms with Crippen molar-refractivity contribution in [3.63, 3.8) is 0 Å². The van der Waals surface area contributed by atoms with Crippen LogP contribution in [-0.4, -0.2) is 72.8 Å². The van der Waals surface area contributed by atoms with Gasteiger partial charge in [0.1, 0.15) is 30.0 Å². The number of Topliss-reactive ketones (excluding diaryl/α,β-unsaturated/α-hetero) is 1. The van der Waals surface area contributed by atoms with Gasteiger partial charge in [0.15, 0.2) is 5.78 Å². The number of ether oxygens (including phenoxy) is 1. The zero-order valence-corrected chi connectivity index (χ0v) is 14.4. The molecule has 2 rings (SSSR count). The van der Waals surface area contributed by atoms with Gasteiger partial charge in [0, 0.05) is 13.0 Å². The van der Waals surface area contributed by atoms with Gasteiger partial charge in [-0.2, -0.15) is 0 Å². The Balaban J connectivity index is 2.32. The van der Waals surface area contributed by atoms with Crippen molar-refractivity contribution in [2.45, 2.75) is 37.1 Å². The van der Waals surface area contributed by atoms with Crippen LogP contribution in [0, 0.1) is 20.2 Å². The quantitative estimate of drug-likeness (QED) is 0.219. The molecule has 0 saturated carbocycles. The van der Waals surface area contributed by atoms with Crippen LogP contribution in [0.1, 0.15) is 6.92 Å². The Bertz CT molecular complexity index is 789. The van der Waals surface area contributed by atoms with Gasteiger partial charge in [0.25, 0.3) is 5.69 Å². The highest BCUT2D eigenvalue weighted by atomic mass is 16.7. The SMILES string of the molecule is CC(=O)C1(O)O[C@H](CO)[C@@H](O)[C@H](O)[C@@H]1NNc1ccc([N+](=O)[O-])cc1[N+](=O)[O-]. The molecule has 1 heterocycles. The molecule has 0 amide bonds. The summed E-state index contributed by atoms with van der Waals surface area (Å²) in [5.74, 6) is -3.66. The van der Waals surface area contributed by atoms with E-state index in [1.807, 2.05) is 0 Å². The van der Waals surface area contributed by atoms with Gasteiger partial charge >= 0.3 is 5.69 Å². The fourth-order valence-corrected chi connectivity index (χ4v) is 2.70. The van der Waals surface area contributed by atoms with Gasteiger partial charge in [-0.3, -0.25) is 25.0 Å². The third-order valence-corrected chi connectivity index (χ3v) is 4.26. The van der Waals surface area contributed by atoms with Crippen molar-refractivity contribution in [3.8, 4) is 0 Å². The Morgan fingerprint density at radius 2 is 1.89 bits per heavy atom. The molecular formula is C14H18N4O10. The molecule has 5 atom stereocenters. The maximum Gasteiger partial charge on any atom is 0.300 e. The van der Waals surface area contributed by atoms with Crippen LogP contribution in [0.25, 0.3) is 0 Å². The number of nitrogens with zero attached hydrogens (tertiary/aromatic N) is 2. The number of rotatable bonds is 7. The molecule has 14 nitrogen and oxygen atoms in total. The average Bonchev–Trinajstić information content (AvgIpc) is 2.64. The van der Waals surface area contributed by atoms with Crippen LogP contribution in [0.4, 0.5) is 17.1 Å². The molecule has 14 heteroatoms. The van der Waals surface area contributed by atoms with E-state index in [2.05, 4.69) is 10.9 Å². The molecular weight excluding hydrogens is 384 g/mol. The Morgan fingerprint density at radius 3 is 2.39 bits per heavy atom. The van der Waals surface area contributed by atoms with Crippen LogP contribution in [0.2, 0.25) is 0 Å². The van der Waals surface area contributed by atoms with E-state index >= 15 is 0 Å². The zero-order valence-electron chi connectivity index (χ0n) is 14.4. The number of aliphatic hydroxyl groups excluding tert-OH is 3. The van der Waals surface area contributed by atoms with E-state index in [4.69, 9.17) is 4.74 Å². The summed E-state index contributed by atoms with van der Waals surface area (Å²) < 4.78 is 5.02. The summed E-state index contributed by atoms with van der Waals surface area (Å²) in [4.78, 5) is 32.0. The van der Waals surface area contributed by atoms with E-state index in [0.29, 0.717) is 6.07 Å². The Morgan fingerprint density at radius 1 is 1.25 bits per heavy atom. The van der Waals surface area contributed by atoms with E-state index < -0.39 is 63.8 Å². The zero-order chi connectivity index (χ0) is 21.2. The second-order valence-electron chi connectivity index (χ2n) is 6.04. The highest BCUT2D eigenvalue weighted by molar-refractivity contribution is 5.84. The molecule has 0 radical (unpaired) electrons. The van der Waals surface area contributed by atoms with Gasteiger partial charge in [-0.25, -0.2) is 5.43 Å². The minimum atomic E-state index is -2.69. The number of non-ortho nitro benzene ring substituents is 1. The molecule has 6 N–H and O–H groups in total. The molecule has 1 saturated heterocycles. The highest BCUT2D eigenvalue weighted by Gasteiger charge is 2.56. The van der Waals surface area contributed by atoms with Crippen LogP contribution in [0.5, 0.6) is 0 Å². The third-order valence-electron chi connectivity index (χ3n) is 4.26. The number of anilines is 1. The normalized spacial score (nSPS) is 29.9. The lowest BCUT2D eigenvalue weighted by atomic mass is 9.88. The number of nitrogens with one attached hydrogen (secondary N) is 2. The third kappa shape index (κ3) is 3.91. The molecule has 1 fully saturated rings. The largest absolute Gasteiger partial charge is 0.394 e. The molecule has 0 bridgehead atoms. The number of hydrogen-bond donors (Lipinski definition) is 6. The maximum absolute atomic E-state index is 11.9. The summed E-state index contributed by atoms with van der Waals surface area (Å²) in [6, 6.07) is 0.946. The molecule has 0 spiro atoms. The number of ketones is 1. The molecule has 1 aromatic rings. The van der Waals surface area contributed by atoms with Crippen molar-refractivity contribution in [3.05, 3.63) is 38.4 Å². The van der Waals surface area contributed by atoms with E-state index in [-0.39, 0.29) is 5.69 Å². The lowest BCUT2D eigenvalue weighted by Gasteiger charge is -2.46. The summed E-state index contributed by atoms with van der Waals surface area (Å²) in [6.07, 6.45) is -4.99. The summed E-state index contributed by atoms with van der Waals surface area (Å²) in [5.41, 5.74) is 3.02. The van der Waals surface area contributed by atoms with Crippen LogP contribution >= 0.6 is 0 Å². The maximum atomic E-state index is 11.9. The monoisotopic (exact) mass is 402 g/mol. The number of benzene rings is 1. The molecule has 0 aliphatic carbocycles. The minimum absolute atomic E-state index is 0.285. The Labute approximate surface area is 156 Å². The number of hydrazine groups is 1. The van der Waals surface area contributed by atoms with E-state index in [9.17, 15) is 45.4 Å². The lowest BCUT2D eigenvalue weighted by molar-refractivity contribution is -0.393. The second kappa shape index (κ2) is 8.09. The Kier molecular flexibility index (Phi) is 6.23. The number of aliphatic hydroxyl groups is 4. The molecule has 28 heavy (non-hydrogen) atoms. The summed E-state index contributed by atoms with van der Waals surface area (Å²) in [6.45, 7) is 0.129. The van der Waals surface area contributed by atoms with Gasteiger partial charge in [0.2, 0.25) is 5.79 Å². The number of carbonyl (C=O) groups is 1. The summed E-state index contributed by atoms with van der Waals surface area (Å²) in [7, 11) is 0. The first-order valence-corrected chi connectivity index (χ1v) is 7.85. The summed E-state index contributed by atoms with van der Waals surface area (Å²) >= 11 is 0. The number of nitro groups is 2. The van der Waals surface area contributed by atoms with Crippen LogP contribution in [-0.2, 0) is 9.53 Å². The first kappa shape index (κ1) is 21.5. The van der Waals surface area contributed by atoms with E-state index in [1.54, 1.807) is 0 Å². The predicted octanol–water partition coefficient (Wildman–Crippen LogP) is -1.82. The van der Waals surface area contributed by atoms with Gasteiger partial charge < -0.3 is 30.6 Å². The second-order valence-corrected chi connectivity index (χ2v) is 6.04. The van der Waals surface area contributed by atoms with Crippen molar-refractivity contribution in [2.24, 2.45) is 0 Å². The highest BCUT2D eigenvalue weighted by Crippen LogP contribution is 2.31. The van der Waals surface area contributed by atoms with Crippen molar-refractivity contribution >= 4 is 22.8 Å². The fraction of sp³-hybridized carbons (Fsp3) is 0.500. The van der Waals surface area contributed by atoms with E-state index in [1.165, 1.54) is 0 Å². The first-order valence-electron chi connectivity index (χ1n) is 7.85. The molecule has 0 aromatic heterocycles. The average molecular weight is 402 g/mol. The molecule has 1 aliphatic rings. The van der Waals surface area contributed by atoms with Crippen molar-refractivity contribution in [1.29, 1.82) is 0 Å². The van der Waals surface area contributed by atoms with Crippen LogP contribution in [0.3, 0.4) is 0 Å². The van der Waals surface area contributed by atoms with Crippen LogP contribution < -0.4 is 10.9 Å². The van der Waals surface area contributed by atoms with Gasteiger partial charge in [-0.1, -0.05) is 0 Å². The standard InChI is InChI=1S/C14H18N4O10/c1-6(20)14(23)13(12(22)11(21)10(5-19)28-14)16-15-8-3-2-7(17(24)25)4-9(8)18(26)27/h2-4,10-13,15-16,19,21-23H,5H2,1H3/t10-,11-,12+,13+,14?/m1/s1. The molecule has 1 aromatic carbocycles. The lowest BCUT2D eigenvalue weighted by Crippen LogP contribution is -2.72. The molecule has 1 aliphatic heterocycles. The predicted molar refractivity (Wildman–Crippen MR) is 89.9 cm³/mol.